The van der Waals surface area contributed by atoms with Gasteiger partial charge in [0.2, 0.25) is 0 Å². The van der Waals surface area contributed by atoms with Crippen LogP contribution in [0.25, 0.3) is 0 Å². The maximum atomic E-state index is 5.73. The van der Waals surface area contributed by atoms with E-state index in [0.29, 0.717) is 6.61 Å². The molecule has 1 N–H and O–H groups in total. The molecular formula is C17H21NO. The average molecular weight is 255 g/mol. The molecule has 100 valence electrons. The van der Waals surface area contributed by atoms with E-state index < -0.39 is 0 Å². The minimum absolute atomic E-state index is 0.668. The van der Waals surface area contributed by atoms with Gasteiger partial charge in [0.1, 0.15) is 12.4 Å². The Morgan fingerprint density at radius 2 is 1.84 bits per heavy atom. The lowest BCUT2D eigenvalue weighted by molar-refractivity contribution is 0.332. The second-order valence-corrected chi connectivity index (χ2v) is 4.64. The molecule has 0 atom stereocenters. The van der Waals surface area contributed by atoms with E-state index >= 15 is 0 Å². The number of nitrogens with one attached hydrogen (secondary N) is 1. The topological polar surface area (TPSA) is 21.3 Å². The van der Waals surface area contributed by atoms with E-state index in [4.69, 9.17) is 4.74 Å². The maximum absolute atomic E-state index is 5.73. The highest BCUT2D eigenvalue weighted by Crippen LogP contribution is 2.13. The summed E-state index contributed by atoms with van der Waals surface area (Å²) in [7, 11) is 0. The lowest BCUT2D eigenvalue weighted by Gasteiger charge is -2.09. The number of anilines is 1. The van der Waals surface area contributed by atoms with Crippen molar-refractivity contribution in [3.63, 3.8) is 0 Å². The van der Waals surface area contributed by atoms with Crippen LogP contribution in [0.3, 0.4) is 0 Å². The van der Waals surface area contributed by atoms with Crippen LogP contribution in [0.1, 0.15) is 18.1 Å². The van der Waals surface area contributed by atoms with E-state index in [1.165, 1.54) is 11.1 Å². The van der Waals surface area contributed by atoms with Crippen molar-refractivity contribution in [2.24, 2.45) is 0 Å². The highest BCUT2D eigenvalue weighted by molar-refractivity contribution is 5.44. The molecule has 0 aliphatic heterocycles. The number of aryl methyl sites for hydroxylation is 2. The standard InChI is InChI=1S/C17H21NO/c1-3-15-5-4-6-17(13-15)19-12-11-18-16-9-7-14(2)8-10-16/h4-10,13,18H,3,11-12H2,1-2H3. The summed E-state index contributed by atoms with van der Waals surface area (Å²) in [6, 6.07) is 16.7. The van der Waals surface area contributed by atoms with E-state index in [2.05, 4.69) is 55.6 Å². The van der Waals surface area contributed by atoms with Crippen molar-refractivity contribution in [1.82, 2.24) is 0 Å². The summed E-state index contributed by atoms with van der Waals surface area (Å²) in [5.74, 6) is 0.949. The van der Waals surface area contributed by atoms with E-state index in [1.54, 1.807) is 0 Å². The zero-order chi connectivity index (χ0) is 13.5. The predicted octanol–water partition coefficient (Wildman–Crippen LogP) is 4.05. The van der Waals surface area contributed by atoms with E-state index in [1.807, 2.05) is 12.1 Å². The van der Waals surface area contributed by atoms with Gasteiger partial charge < -0.3 is 10.1 Å². The summed E-state index contributed by atoms with van der Waals surface area (Å²) in [6.07, 6.45) is 1.04. The first-order chi connectivity index (χ1) is 9.28. The van der Waals surface area contributed by atoms with Crippen molar-refractivity contribution in [3.05, 3.63) is 59.7 Å². The van der Waals surface area contributed by atoms with Crippen molar-refractivity contribution < 1.29 is 4.74 Å². The molecule has 2 aromatic rings. The first kappa shape index (κ1) is 13.5. The molecule has 0 radical (unpaired) electrons. The Kier molecular flexibility index (Phi) is 4.85. The molecule has 0 aliphatic carbocycles. The van der Waals surface area contributed by atoms with Crippen LogP contribution >= 0.6 is 0 Å². The van der Waals surface area contributed by atoms with Gasteiger partial charge in [-0.1, -0.05) is 36.8 Å². The average Bonchev–Trinajstić information content (AvgIpc) is 2.46. The molecule has 2 nitrogen and oxygen atoms in total. The molecule has 0 aliphatic rings. The van der Waals surface area contributed by atoms with Crippen molar-refractivity contribution in [3.8, 4) is 5.75 Å². The van der Waals surface area contributed by atoms with Crippen molar-refractivity contribution >= 4 is 5.69 Å². The summed E-state index contributed by atoms with van der Waals surface area (Å²) in [4.78, 5) is 0. The molecule has 0 fully saturated rings. The Hall–Kier alpha value is -1.96. The van der Waals surface area contributed by atoms with E-state index in [-0.39, 0.29) is 0 Å². The van der Waals surface area contributed by atoms with Crippen LogP contribution in [-0.4, -0.2) is 13.2 Å². The van der Waals surface area contributed by atoms with Gasteiger partial charge in [0.25, 0.3) is 0 Å². The number of hydrogen-bond acceptors (Lipinski definition) is 2. The second-order valence-electron chi connectivity index (χ2n) is 4.64. The van der Waals surface area contributed by atoms with Crippen molar-refractivity contribution in [1.29, 1.82) is 0 Å². The first-order valence-corrected chi connectivity index (χ1v) is 6.80. The zero-order valence-corrected chi connectivity index (χ0v) is 11.6. The fraction of sp³-hybridized carbons (Fsp3) is 0.294. The Labute approximate surface area is 115 Å². The number of rotatable bonds is 6. The molecule has 0 unspecified atom stereocenters. The third-order valence-electron chi connectivity index (χ3n) is 3.06. The molecule has 0 saturated heterocycles. The van der Waals surface area contributed by atoms with Crippen molar-refractivity contribution in [2.75, 3.05) is 18.5 Å². The van der Waals surface area contributed by atoms with Crippen LogP contribution in [0.2, 0.25) is 0 Å². The SMILES string of the molecule is CCc1cccc(OCCNc2ccc(C)cc2)c1. The van der Waals surface area contributed by atoms with Gasteiger partial charge in [0.05, 0.1) is 0 Å². The van der Waals surface area contributed by atoms with Crippen LogP contribution in [0, 0.1) is 6.92 Å². The Morgan fingerprint density at radius 3 is 2.58 bits per heavy atom. The minimum Gasteiger partial charge on any atom is -0.492 e. The normalized spacial score (nSPS) is 10.2. The van der Waals surface area contributed by atoms with Gasteiger partial charge in [-0.15, -0.1) is 0 Å². The summed E-state index contributed by atoms with van der Waals surface area (Å²) in [5.41, 5.74) is 3.72. The van der Waals surface area contributed by atoms with Crippen molar-refractivity contribution in [2.45, 2.75) is 20.3 Å². The monoisotopic (exact) mass is 255 g/mol. The minimum atomic E-state index is 0.668. The molecule has 2 rings (SSSR count). The fourth-order valence-electron chi connectivity index (χ4n) is 1.89. The first-order valence-electron chi connectivity index (χ1n) is 6.80. The van der Waals surface area contributed by atoms with Gasteiger partial charge >= 0.3 is 0 Å². The number of benzene rings is 2. The van der Waals surface area contributed by atoms with Crippen LogP contribution < -0.4 is 10.1 Å². The summed E-state index contributed by atoms with van der Waals surface area (Å²) in [5, 5.41) is 3.35. The van der Waals surface area contributed by atoms with E-state index in [9.17, 15) is 0 Å². The van der Waals surface area contributed by atoms with Gasteiger partial charge in [-0.05, 0) is 43.2 Å². The highest BCUT2D eigenvalue weighted by Gasteiger charge is 1.96. The summed E-state index contributed by atoms with van der Waals surface area (Å²) in [6.45, 7) is 5.71. The smallest absolute Gasteiger partial charge is 0.119 e. The third kappa shape index (κ3) is 4.32. The van der Waals surface area contributed by atoms with Gasteiger partial charge in [0, 0.05) is 12.2 Å². The molecule has 0 aromatic heterocycles. The molecule has 0 saturated carbocycles. The lowest BCUT2D eigenvalue weighted by atomic mass is 10.2. The molecule has 2 heteroatoms. The maximum Gasteiger partial charge on any atom is 0.119 e. The molecule has 0 bridgehead atoms. The van der Waals surface area contributed by atoms with Gasteiger partial charge in [0.15, 0.2) is 0 Å². The second kappa shape index (κ2) is 6.83. The largest absolute Gasteiger partial charge is 0.492 e. The molecule has 0 spiro atoms. The molecule has 0 heterocycles. The number of hydrogen-bond donors (Lipinski definition) is 1. The highest BCUT2D eigenvalue weighted by atomic mass is 16.5. The fourth-order valence-corrected chi connectivity index (χ4v) is 1.89. The van der Waals surface area contributed by atoms with Gasteiger partial charge in [-0.2, -0.15) is 0 Å². The molecule has 0 amide bonds. The number of ether oxygens (including phenoxy) is 1. The Balaban J connectivity index is 1.75. The van der Waals surface area contributed by atoms with E-state index in [0.717, 1.165) is 24.4 Å². The molecule has 19 heavy (non-hydrogen) atoms. The van der Waals surface area contributed by atoms with Gasteiger partial charge in [-0.25, -0.2) is 0 Å². The molecule has 2 aromatic carbocycles. The molecular weight excluding hydrogens is 234 g/mol. The quantitative estimate of drug-likeness (QED) is 0.786. The Morgan fingerprint density at radius 1 is 1.05 bits per heavy atom. The Bertz CT molecular complexity index is 505. The van der Waals surface area contributed by atoms with Gasteiger partial charge in [-0.3, -0.25) is 0 Å². The van der Waals surface area contributed by atoms with Crippen LogP contribution in [-0.2, 0) is 6.42 Å². The van der Waals surface area contributed by atoms with Crippen LogP contribution in [0.15, 0.2) is 48.5 Å². The lowest BCUT2D eigenvalue weighted by Crippen LogP contribution is -2.11. The summed E-state index contributed by atoms with van der Waals surface area (Å²) < 4.78 is 5.73. The predicted molar refractivity (Wildman–Crippen MR) is 81.0 cm³/mol. The zero-order valence-electron chi connectivity index (χ0n) is 11.6. The summed E-state index contributed by atoms with van der Waals surface area (Å²) >= 11 is 0. The third-order valence-corrected chi connectivity index (χ3v) is 3.06. The van der Waals surface area contributed by atoms with Crippen LogP contribution in [0.4, 0.5) is 5.69 Å². The van der Waals surface area contributed by atoms with Crippen LogP contribution in [0.5, 0.6) is 5.75 Å².